The van der Waals surface area contributed by atoms with Crippen LogP contribution in [0.3, 0.4) is 0 Å². The normalized spacial score (nSPS) is 18.8. The van der Waals surface area contributed by atoms with Crippen LogP contribution in [0.25, 0.3) is 0 Å². The summed E-state index contributed by atoms with van der Waals surface area (Å²) in [5, 5.41) is 14.0. The van der Waals surface area contributed by atoms with Crippen LogP contribution in [0.4, 0.5) is 0 Å². The van der Waals surface area contributed by atoms with E-state index in [1.165, 1.54) is 24.4 Å². The van der Waals surface area contributed by atoms with Crippen molar-refractivity contribution < 1.29 is 23.1 Å². The molecule has 2 heterocycles. The molecule has 1 aliphatic heterocycles. The zero-order chi connectivity index (χ0) is 14.2. The van der Waals surface area contributed by atoms with Gasteiger partial charge in [-0.25, -0.2) is 18.9 Å². The van der Waals surface area contributed by atoms with Gasteiger partial charge in [0.05, 0.1) is 0 Å². The molecule has 0 fully saturated rings. The van der Waals surface area contributed by atoms with Crippen molar-refractivity contribution in [3.05, 3.63) is 35.7 Å². The topological polar surface area (TPSA) is 132 Å². The number of allylic oxidation sites excluding steroid dienone is 1. The van der Waals surface area contributed by atoms with Gasteiger partial charge in [0.1, 0.15) is 5.69 Å². The third-order valence-corrected chi connectivity index (χ3v) is 3.38. The van der Waals surface area contributed by atoms with Crippen LogP contribution in [0.1, 0.15) is 22.0 Å². The van der Waals surface area contributed by atoms with Gasteiger partial charge in [-0.1, -0.05) is 6.08 Å². The lowest BCUT2D eigenvalue weighted by Crippen LogP contribution is -2.25. The first-order valence-electron chi connectivity index (χ1n) is 5.05. The number of carbonyl (C=O) groups is 2. The number of aromatic carboxylic acids is 1. The summed E-state index contributed by atoms with van der Waals surface area (Å²) in [5.41, 5.74) is -0.285. The van der Waals surface area contributed by atoms with Crippen molar-refractivity contribution in [3.8, 4) is 0 Å². The van der Waals surface area contributed by atoms with Crippen molar-refractivity contribution in [2.75, 3.05) is 0 Å². The van der Waals surface area contributed by atoms with Crippen LogP contribution in [-0.2, 0) is 15.0 Å². The van der Waals surface area contributed by atoms with Gasteiger partial charge >= 0.3 is 16.2 Å². The summed E-state index contributed by atoms with van der Waals surface area (Å²) in [6, 6.07) is 1.31. The fraction of sp³-hybridized carbons (Fsp3) is 0.100. The van der Waals surface area contributed by atoms with Crippen molar-refractivity contribution in [2.45, 2.75) is 5.92 Å². The minimum Gasteiger partial charge on any atom is -0.477 e. The summed E-state index contributed by atoms with van der Waals surface area (Å²) in [6.45, 7) is 0. The molecule has 1 amide bonds. The van der Waals surface area contributed by atoms with E-state index in [4.69, 9.17) is 10.2 Å². The van der Waals surface area contributed by atoms with E-state index in [0.29, 0.717) is 3.97 Å². The van der Waals surface area contributed by atoms with Crippen LogP contribution in [0.5, 0.6) is 0 Å². The van der Waals surface area contributed by atoms with Gasteiger partial charge in [-0.3, -0.25) is 4.79 Å². The number of rotatable bonds is 3. The molecule has 1 unspecified atom stereocenters. The third-order valence-electron chi connectivity index (χ3n) is 2.53. The SMILES string of the molecule is NS(=O)(=O)n1ccc(C2C=CC(=O)N=C2)c1C(=O)O. The van der Waals surface area contributed by atoms with Crippen LogP contribution in [0.15, 0.2) is 29.4 Å². The summed E-state index contributed by atoms with van der Waals surface area (Å²) in [6.07, 6.45) is 4.92. The van der Waals surface area contributed by atoms with E-state index in [0.717, 1.165) is 6.20 Å². The van der Waals surface area contributed by atoms with E-state index in [9.17, 15) is 18.0 Å². The number of nitrogens with zero attached hydrogens (tertiary/aromatic N) is 2. The van der Waals surface area contributed by atoms with E-state index in [1.807, 2.05) is 0 Å². The van der Waals surface area contributed by atoms with Crippen molar-refractivity contribution in [3.63, 3.8) is 0 Å². The monoisotopic (exact) mass is 283 g/mol. The van der Waals surface area contributed by atoms with Crippen molar-refractivity contribution >= 4 is 28.3 Å². The van der Waals surface area contributed by atoms with Gasteiger partial charge in [0.15, 0.2) is 0 Å². The van der Waals surface area contributed by atoms with Crippen molar-refractivity contribution in [1.82, 2.24) is 3.97 Å². The Morgan fingerprint density at radius 2 is 2.16 bits per heavy atom. The first-order chi connectivity index (χ1) is 8.80. The number of dihydropyridines is 1. The smallest absolute Gasteiger partial charge is 0.353 e. The molecule has 8 nitrogen and oxygen atoms in total. The molecular weight excluding hydrogens is 274 g/mol. The van der Waals surface area contributed by atoms with Gasteiger partial charge in [0.25, 0.3) is 5.91 Å². The number of carboxylic acid groups (broad SMARTS) is 1. The lowest BCUT2D eigenvalue weighted by Gasteiger charge is -2.10. The summed E-state index contributed by atoms with van der Waals surface area (Å²) in [4.78, 5) is 25.6. The van der Waals surface area contributed by atoms with E-state index < -0.39 is 33.7 Å². The Bertz CT molecular complexity index is 698. The Hall–Kier alpha value is -2.26. The van der Waals surface area contributed by atoms with Gasteiger partial charge in [-0.05, 0) is 11.6 Å². The second-order valence-electron chi connectivity index (χ2n) is 3.77. The maximum atomic E-state index is 11.3. The average Bonchev–Trinajstić information content (AvgIpc) is 2.74. The Morgan fingerprint density at radius 3 is 2.63 bits per heavy atom. The van der Waals surface area contributed by atoms with Crippen LogP contribution < -0.4 is 5.14 Å². The van der Waals surface area contributed by atoms with E-state index >= 15 is 0 Å². The maximum Gasteiger partial charge on any atom is 0.353 e. The molecule has 1 aromatic heterocycles. The standard InChI is InChI=1S/C10H9N3O5S/c11-19(17,18)13-4-3-7(9(13)10(15)16)6-1-2-8(14)12-5-6/h1-6H,(H,15,16)(H2,11,17,18). The highest BCUT2D eigenvalue weighted by Gasteiger charge is 2.25. The molecule has 0 aromatic carbocycles. The predicted molar refractivity (Wildman–Crippen MR) is 65.3 cm³/mol. The van der Waals surface area contributed by atoms with Crippen LogP contribution in [0.2, 0.25) is 0 Å². The van der Waals surface area contributed by atoms with Gasteiger partial charge in [0, 0.05) is 24.4 Å². The van der Waals surface area contributed by atoms with E-state index in [1.54, 1.807) is 0 Å². The van der Waals surface area contributed by atoms with Gasteiger partial charge in [-0.2, -0.15) is 8.42 Å². The second-order valence-corrected chi connectivity index (χ2v) is 5.19. The number of hydrogen-bond donors (Lipinski definition) is 2. The number of carboxylic acids is 1. The number of aliphatic imine (C=N–C) groups is 1. The molecule has 1 aromatic rings. The van der Waals surface area contributed by atoms with E-state index in [-0.39, 0.29) is 5.56 Å². The zero-order valence-electron chi connectivity index (χ0n) is 9.42. The molecule has 100 valence electrons. The minimum absolute atomic E-state index is 0.189. The Morgan fingerprint density at radius 1 is 1.47 bits per heavy atom. The van der Waals surface area contributed by atoms with Crippen LogP contribution in [0, 0.1) is 0 Å². The summed E-state index contributed by atoms with van der Waals surface area (Å²) >= 11 is 0. The molecule has 9 heteroatoms. The highest BCUT2D eigenvalue weighted by Crippen LogP contribution is 2.24. The average molecular weight is 283 g/mol. The number of aromatic nitrogens is 1. The molecule has 0 saturated carbocycles. The number of amides is 1. The quantitative estimate of drug-likeness (QED) is 0.771. The number of hydrogen-bond acceptors (Lipinski definition) is 4. The molecular formula is C10H9N3O5S. The van der Waals surface area contributed by atoms with Gasteiger partial charge in [-0.15, -0.1) is 0 Å². The molecule has 3 N–H and O–H groups in total. The lowest BCUT2D eigenvalue weighted by atomic mass is 9.98. The third kappa shape index (κ3) is 2.46. The highest BCUT2D eigenvalue weighted by atomic mass is 32.2. The number of carbonyl (C=O) groups excluding carboxylic acids is 1. The number of nitrogens with two attached hydrogens (primary N) is 1. The lowest BCUT2D eigenvalue weighted by molar-refractivity contribution is -0.113. The van der Waals surface area contributed by atoms with Crippen molar-refractivity contribution in [2.24, 2.45) is 10.1 Å². The highest BCUT2D eigenvalue weighted by molar-refractivity contribution is 7.87. The molecule has 1 aliphatic rings. The molecule has 0 bridgehead atoms. The summed E-state index contributed by atoms with van der Waals surface area (Å²) in [7, 11) is -4.21. The molecule has 19 heavy (non-hydrogen) atoms. The Balaban J connectivity index is 2.57. The molecule has 0 saturated heterocycles. The second kappa shape index (κ2) is 4.44. The molecule has 0 aliphatic carbocycles. The van der Waals surface area contributed by atoms with Crippen LogP contribution in [-0.4, -0.2) is 35.6 Å². The first-order valence-corrected chi connectivity index (χ1v) is 6.55. The van der Waals surface area contributed by atoms with Crippen molar-refractivity contribution in [1.29, 1.82) is 0 Å². The molecule has 0 spiro atoms. The zero-order valence-corrected chi connectivity index (χ0v) is 10.2. The van der Waals surface area contributed by atoms with Gasteiger partial charge < -0.3 is 5.11 Å². The molecule has 2 rings (SSSR count). The fourth-order valence-corrected chi connectivity index (χ4v) is 2.41. The van der Waals surface area contributed by atoms with E-state index in [2.05, 4.69) is 4.99 Å². The first kappa shape index (κ1) is 13.2. The Kier molecular flexibility index (Phi) is 3.08. The predicted octanol–water partition coefficient (Wildman–Crippen LogP) is -0.511. The minimum atomic E-state index is -4.21. The Labute approximate surface area is 108 Å². The van der Waals surface area contributed by atoms with Crippen LogP contribution >= 0.6 is 0 Å². The van der Waals surface area contributed by atoms with Gasteiger partial charge in [0.2, 0.25) is 0 Å². The summed E-state index contributed by atoms with van der Waals surface area (Å²) < 4.78 is 23.0. The summed E-state index contributed by atoms with van der Waals surface area (Å²) in [5.74, 6) is -2.49. The molecule has 0 radical (unpaired) electrons. The molecule has 1 atom stereocenters. The maximum absolute atomic E-state index is 11.3. The largest absolute Gasteiger partial charge is 0.477 e. The fourth-order valence-electron chi connectivity index (χ4n) is 1.74.